The average molecular weight is 210 g/mol. The zero-order valence-corrected chi connectivity index (χ0v) is 9.53. The van der Waals surface area contributed by atoms with Gasteiger partial charge in [0.25, 0.3) is 0 Å². The highest BCUT2D eigenvalue weighted by molar-refractivity contribution is 5.76. The molecule has 1 rings (SSSR count). The molecule has 0 saturated carbocycles. The summed E-state index contributed by atoms with van der Waals surface area (Å²) in [7, 11) is 5.52. The number of nitrogens with one attached hydrogen (secondary N) is 1. The molecule has 0 spiro atoms. The molecular formula is C10H18N4O. The molecule has 0 fully saturated rings. The first-order valence-corrected chi connectivity index (χ1v) is 4.99. The Morgan fingerprint density at radius 2 is 2.40 bits per heavy atom. The van der Waals surface area contributed by atoms with Crippen LogP contribution in [0.5, 0.6) is 0 Å². The molecule has 0 aromatic carbocycles. The summed E-state index contributed by atoms with van der Waals surface area (Å²) >= 11 is 0. The van der Waals surface area contributed by atoms with E-state index in [1.54, 1.807) is 15.8 Å². The second-order valence-corrected chi connectivity index (χ2v) is 3.63. The van der Waals surface area contributed by atoms with Gasteiger partial charge in [-0.2, -0.15) is 5.10 Å². The Hall–Kier alpha value is -1.36. The number of aromatic nitrogens is 2. The van der Waals surface area contributed by atoms with Gasteiger partial charge in [-0.25, -0.2) is 0 Å². The fourth-order valence-corrected chi connectivity index (χ4v) is 1.34. The van der Waals surface area contributed by atoms with Crippen molar-refractivity contribution in [3.8, 4) is 0 Å². The smallest absolute Gasteiger partial charge is 0.223 e. The highest BCUT2D eigenvalue weighted by Crippen LogP contribution is 2.02. The standard InChI is InChI=1S/C10H18N4O/c1-11-5-4-10(15)13(2)7-9-6-12-14(3)8-9/h6,8,11H,4-5,7H2,1-3H3. The summed E-state index contributed by atoms with van der Waals surface area (Å²) in [5, 5.41) is 7.02. The summed E-state index contributed by atoms with van der Waals surface area (Å²) in [6.07, 6.45) is 4.23. The largest absolute Gasteiger partial charge is 0.341 e. The molecule has 0 saturated heterocycles. The topological polar surface area (TPSA) is 50.2 Å². The van der Waals surface area contributed by atoms with Crippen LogP contribution in [0.25, 0.3) is 0 Å². The van der Waals surface area contributed by atoms with Crippen LogP contribution in [0.15, 0.2) is 12.4 Å². The lowest BCUT2D eigenvalue weighted by Crippen LogP contribution is -2.28. The van der Waals surface area contributed by atoms with Crippen LogP contribution in [0.2, 0.25) is 0 Å². The molecule has 1 amide bonds. The van der Waals surface area contributed by atoms with E-state index in [2.05, 4.69) is 10.4 Å². The van der Waals surface area contributed by atoms with Gasteiger partial charge in [0.05, 0.1) is 6.20 Å². The molecular weight excluding hydrogens is 192 g/mol. The summed E-state index contributed by atoms with van der Waals surface area (Å²) in [4.78, 5) is 13.3. The Morgan fingerprint density at radius 1 is 1.67 bits per heavy atom. The third-order valence-electron chi connectivity index (χ3n) is 2.19. The first-order valence-electron chi connectivity index (χ1n) is 4.99. The van der Waals surface area contributed by atoms with Crippen LogP contribution < -0.4 is 5.32 Å². The SMILES string of the molecule is CNCCC(=O)N(C)Cc1cnn(C)c1. The van der Waals surface area contributed by atoms with Crippen molar-refractivity contribution in [3.05, 3.63) is 18.0 Å². The number of rotatable bonds is 5. The predicted molar refractivity (Wildman–Crippen MR) is 58.2 cm³/mol. The zero-order chi connectivity index (χ0) is 11.3. The molecule has 0 aliphatic carbocycles. The molecule has 0 radical (unpaired) electrons. The van der Waals surface area contributed by atoms with Crippen LogP contribution in [0.1, 0.15) is 12.0 Å². The van der Waals surface area contributed by atoms with Crippen molar-refractivity contribution in [1.82, 2.24) is 20.0 Å². The molecule has 1 aromatic heterocycles. The molecule has 0 aliphatic heterocycles. The van der Waals surface area contributed by atoms with Gasteiger partial charge in [0.2, 0.25) is 5.91 Å². The molecule has 0 aliphatic rings. The van der Waals surface area contributed by atoms with Crippen molar-refractivity contribution in [2.45, 2.75) is 13.0 Å². The Morgan fingerprint density at radius 3 is 2.93 bits per heavy atom. The van der Waals surface area contributed by atoms with Crippen molar-refractivity contribution >= 4 is 5.91 Å². The molecule has 1 heterocycles. The van der Waals surface area contributed by atoms with Gasteiger partial charge >= 0.3 is 0 Å². The minimum Gasteiger partial charge on any atom is -0.341 e. The molecule has 5 nitrogen and oxygen atoms in total. The normalized spacial score (nSPS) is 10.3. The third kappa shape index (κ3) is 3.71. The number of aryl methyl sites for hydroxylation is 1. The molecule has 0 unspecified atom stereocenters. The fraction of sp³-hybridized carbons (Fsp3) is 0.600. The fourth-order valence-electron chi connectivity index (χ4n) is 1.34. The first kappa shape index (κ1) is 11.7. The summed E-state index contributed by atoms with van der Waals surface area (Å²) in [5.41, 5.74) is 1.05. The lowest BCUT2D eigenvalue weighted by Gasteiger charge is -2.15. The van der Waals surface area contributed by atoms with Crippen molar-refractivity contribution in [2.75, 3.05) is 20.6 Å². The molecule has 0 bridgehead atoms. The summed E-state index contributed by atoms with van der Waals surface area (Å²) in [5.74, 6) is 0.146. The lowest BCUT2D eigenvalue weighted by atomic mass is 10.3. The maximum atomic E-state index is 11.6. The van der Waals surface area contributed by atoms with Crippen LogP contribution in [-0.4, -0.2) is 41.2 Å². The highest BCUT2D eigenvalue weighted by Gasteiger charge is 2.08. The minimum absolute atomic E-state index is 0.146. The minimum atomic E-state index is 0.146. The zero-order valence-electron chi connectivity index (χ0n) is 9.53. The number of carbonyl (C=O) groups is 1. The van der Waals surface area contributed by atoms with Crippen LogP contribution >= 0.6 is 0 Å². The van der Waals surface area contributed by atoms with E-state index < -0.39 is 0 Å². The summed E-state index contributed by atoms with van der Waals surface area (Å²) in [6, 6.07) is 0. The Labute approximate surface area is 90.1 Å². The second-order valence-electron chi connectivity index (χ2n) is 3.63. The van der Waals surface area contributed by atoms with E-state index in [1.807, 2.05) is 27.3 Å². The van der Waals surface area contributed by atoms with Gasteiger partial charge < -0.3 is 10.2 Å². The van der Waals surface area contributed by atoms with Crippen molar-refractivity contribution < 1.29 is 4.79 Å². The van der Waals surface area contributed by atoms with Crippen LogP contribution in [0, 0.1) is 0 Å². The van der Waals surface area contributed by atoms with Gasteiger partial charge in [0.1, 0.15) is 0 Å². The van der Waals surface area contributed by atoms with E-state index in [0.717, 1.165) is 12.1 Å². The van der Waals surface area contributed by atoms with Crippen molar-refractivity contribution in [2.24, 2.45) is 7.05 Å². The molecule has 84 valence electrons. The van der Waals surface area contributed by atoms with Crippen molar-refractivity contribution in [1.29, 1.82) is 0 Å². The first-order chi connectivity index (χ1) is 7.13. The quantitative estimate of drug-likeness (QED) is 0.743. The number of hydrogen-bond donors (Lipinski definition) is 1. The van der Waals surface area contributed by atoms with Gasteiger partial charge in [-0.15, -0.1) is 0 Å². The van der Waals surface area contributed by atoms with E-state index in [0.29, 0.717) is 13.0 Å². The monoisotopic (exact) mass is 210 g/mol. The van der Waals surface area contributed by atoms with Gasteiger partial charge in [0, 0.05) is 45.4 Å². The molecule has 5 heteroatoms. The maximum absolute atomic E-state index is 11.6. The van der Waals surface area contributed by atoms with E-state index in [4.69, 9.17) is 0 Å². The molecule has 1 N–H and O–H groups in total. The summed E-state index contributed by atoms with van der Waals surface area (Å²) < 4.78 is 1.74. The van der Waals surface area contributed by atoms with Gasteiger partial charge in [-0.3, -0.25) is 9.48 Å². The second kappa shape index (κ2) is 5.50. The summed E-state index contributed by atoms with van der Waals surface area (Å²) in [6.45, 7) is 1.34. The van der Waals surface area contributed by atoms with E-state index in [9.17, 15) is 4.79 Å². The van der Waals surface area contributed by atoms with Gasteiger partial charge in [-0.1, -0.05) is 0 Å². The van der Waals surface area contributed by atoms with Gasteiger partial charge in [0.15, 0.2) is 0 Å². The number of nitrogens with zero attached hydrogens (tertiary/aromatic N) is 3. The highest BCUT2D eigenvalue weighted by atomic mass is 16.2. The lowest BCUT2D eigenvalue weighted by molar-refractivity contribution is -0.130. The Kier molecular flexibility index (Phi) is 4.30. The van der Waals surface area contributed by atoms with Gasteiger partial charge in [-0.05, 0) is 7.05 Å². The molecule has 0 atom stereocenters. The number of carbonyl (C=O) groups excluding carboxylic acids is 1. The van der Waals surface area contributed by atoms with E-state index in [-0.39, 0.29) is 5.91 Å². The predicted octanol–water partition coefficient (Wildman–Crippen LogP) is -0.0120. The van der Waals surface area contributed by atoms with E-state index >= 15 is 0 Å². The van der Waals surface area contributed by atoms with Crippen molar-refractivity contribution in [3.63, 3.8) is 0 Å². The Bertz CT molecular complexity index is 321. The van der Waals surface area contributed by atoms with E-state index in [1.165, 1.54) is 0 Å². The van der Waals surface area contributed by atoms with Crippen LogP contribution in [-0.2, 0) is 18.4 Å². The van der Waals surface area contributed by atoms with Crippen LogP contribution in [0.4, 0.5) is 0 Å². The number of hydrogen-bond acceptors (Lipinski definition) is 3. The third-order valence-corrected chi connectivity index (χ3v) is 2.19. The average Bonchev–Trinajstić information content (AvgIpc) is 2.60. The number of amides is 1. The Balaban J connectivity index is 2.41. The maximum Gasteiger partial charge on any atom is 0.223 e. The van der Waals surface area contributed by atoms with Crippen LogP contribution in [0.3, 0.4) is 0 Å². The molecule has 15 heavy (non-hydrogen) atoms. The molecule has 1 aromatic rings.